The van der Waals surface area contributed by atoms with Gasteiger partial charge in [0.1, 0.15) is 12.4 Å². The molecule has 1 saturated heterocycles. The lowest BCUT2D eigenvalue weighted by Crippen LogP contribution is -2.68. The number of hydrogen-bond donors (Lipinski definition) is 1. The van der Waals surface area contributed by atoms with Gasteiger partial charge in [-0.25, -0.2) is 0 Å². The minimum absolute atomic E-state index is 0.0573. The number of carbonyl (C=O) groups is 2. The quantitative estimate of drug-likeness (QED) is 0.123. The molecule has 298 valence electrons. The molecule has 6 unspecified atom stereocenters. The molecule has 5 aliphatic carbocycles. The largest absolute Gasteiger partial charge is 0.495 e. The van der Waals surface area contributed by atoms with E-state index in [-0.39, 0.29) is 44.5 Å². The zero-order valence-electron chi connectivity index (χ0n) is 35.9. The van der Waals surface area contributed by atoms with Gasteiger partial charge in [-0.05, 0) is 147 Å². The van der Waals surface area contributed by atoms with Crippen LogP contribution in [0.25, 0.3) is 0 Å². The summed E-state index contributed by atoms with van der Waals surface area (Å²) >= 11 is 0. The van der Waals surface area contributed by atoms with Crippen LogP contribution in [-0.4, -0.2) is 42.3 Å². The first-order valence-corrected chi connectivity index (χ1v) is 21.7. The van der Waals surface area contributed by atoms with Crippen molar-refractivity contribution in [3.63, 3.8) is 0 Å². The van der Waals surface area contributed by atoms with Crippen LogP contribution in [0.1, 0.15) is 166 Å². The Kier molecular flexibility index (Phi) is 10.6. The Morgan fingerprint density at radius 2 is 1.53 bits per heavy atom. The molecule has 5 heteroatoms. The van der Waals surface area contributed by atoms with Gasteiger partial charge in [0, 0.05) is 50.0 Å². The molecule has 0 aromatic heterocycles. The molecule has 1 N–H and O–H groups in total. The number of nitrogens with one attached hydrogen (secondary N) is 1. The Labute approximate surface area is 325 Å². The van der Waals surface area contributed by atoms with Crippen LogP contribution in [0.3, 0.4) is 0 Å². The average Bonchev–Trinajstić information content (AvgIpc) is 3.64. The maximum atomic E-state index is 11.8. The fourth-order valence-corrected chi connectivity index (χ4v) is 15.8. The van der Waals surface area contributed by atoms with Crippen LogP contribution < -0.4 is 5.32 Å². The van der Waals surface area contributed by atoms with Crippen molar-refractivity contribution in [2.45, 2.75) is 178 Å². The minimum Gasteiger partial charge on any atom is -0.495 e. The summed E-state index contributed by atoms with van der Waals surface area (Å²) in [5.41, 5.74) is 3.93. The van der Waals surface area contributed by atoms with Gasteiger partial charge in [0.2, 0.25) is 5.91 Å². The Bertz CT molecular complexity index is 1480. The van der Waals surface area contributed by atoms with Crippen LogP contribution in [0.15, 0.2) is 36.8 Å². The number of fused-ring (bicyclic) bond motifs is 7. The number of ether oxygens (including phenoxy) is 1. The van der Waals surface area contributed by atoms with Crippen molar-refractivity contribution in [1.82, 2.24) is 10.2 Å². The second-order valence-electron chi connectivity index (χ2n) is 22.0. The highest BCUT2D eigenvalue weighted by Gasteiger charge is 2.74. The first-order valence-electron chi connectivity index (χ1n) is 21.7. The van der Waals surface area contributed by atoms with Gasteiger partial charge in [-0.1, -0.05) is 80.7 Å². The smallest absolute Gasteiger partial charge is 0.216 e. The summed E-state index contributed by atoms with van der Waals surface area (Å²) in [6.07, 6.45) is 18.6. The number of carbonyl (C=O) groups excluding carboxylic acids is 2. The van der Waals surface area contributed by atoms with Crippen molar-refractivity contribution < 1.29 is 14.3 Å². The van der Waals surface area contributed by atoms with E-state index in [0.29, 0.717) is 41.5 Å². The fraction of sp³-hybridized carbons (Fsp3) is 0.833. The van der Waals surface area contributed by atoms with Crippen molar-refractivity contribution in [2.24, 2.45) is 61.6 Å². The first kappa shape index (κ1) is 40.6. The molecule has 1 amide bonds. The van der Waals surface area contributed by atoms with Crippen LogP contribution in [-0.2, 0) is 14.3 Å². The summed E-state index contributed by atoms with van der Waals surface area (Å²) < 4.78 is 6.81. The van der Waals surface area contributed by atoms with E-state index >= 15 is 0 Å². The Balaban J connectivity index is 1.26. The lowest BCUT2D eigenvalue weighted by molar-refractivity contribution is -0.265. The number of rotatable bonds is 12. The topological polar surface area (TPSA) is 58.6 Å². The molecular formula is C48H78N2O3. The monoisotopic (exact) mass is 731 g/mol. The van der Waals surface area contributed by atoms with Gasteiger partial charge < -0.3 is 19.7 Å². The SMILES string of the molecule is C=C(CC(C)(C)CC=O)OC1CCC2(C)[C@H]3CCC4[C@@]5(C)[C@H](C(=C)C)CCC5(CC(=C)N5CCCC5CNC(C)=O)CC[C@@]4(C)C3(C)CC[C@H]2C1(C)C. The Hall–Kier alpha value is -2.04. The second kappa shape index (κ2) is 13.9. The van der Waals surface area contributed by atoms with Crippen LogP contribution in [0, 0.1) is 61.6 Å². The zero-order valence-corrected chi connectivity index (χ0v) is 35.9. The van der Waals surface area contributed by atoms with Crippen LogP contribution in [0.5, 0.6) is 0 Å². The van der Waals surface area contributed by atoms with Gasteiger partial charge in [-0.15, -0.1) is 0 Å². The zero-order chi connectivity index (χ0) is 39.0. The minimum atomic E-state index is -0.124. The van der Waals surface area contributed by atoms with E-state index in [1.54, 1.807) is 6.92 Å². The summed E-state index contributed by atoms with van der Waals surface area (Å²) in [6, 6.07) is 0.364. The number of allylic oxidation sites excluding steroid dienone is 3. The standard InChI is InChI=1S/C48H78N2O3/c1-32(2)37-18-23-48(29-33(3)50-27-14-15-36(50)31-49-35(5)52)25-24-46(12)40(47(37,48)13)17-16-39-44(10)21-20-41(53-34(4)30-42(6,7)26-28-51)43(8,9)38(44)19-22-45(39,46)11/h28,36-41H,1,3-4,14-27,29-31H2,2,5-13H3,(H,49,52)/t36?,37-,38-,39+,40?,41?,44?,45?,46+,47+,48?/m0/s1. The molecular weight excluding hydrogens is 653 g/mol. The average molecular weight is 731 g/mol. The molecule has 53 heavy (non-hydrogen) atoms. The van der Waals surface area contributed by atoms with E-state index in [4.69, 9.17) is 17.9 Å². The summed E-state index contributed by atoms with van der Waals surface area (Å²) in [7, 11) is 0. The molecule has 0 bridgehead atoms. The summed E-state index contributed by atoms with van der Waals surface area (Å²) in [5, 5.41) is 3.12. The molecule has 1 aliphatic heterocycles. The first-order chi connectivity index (χ1) is 24.6. The predicted molar refractivity (Wildman–Crippen MR) is 219 cm³/mol. The van der Waals surface area contributed by atoms with Crippen LogP contribution >= 0.6 is 0 Å². The van der Waals surface area contributed by atoms with E-state index in [0.717, 1.165) is 50.8 Å². The van der Waals surface area contributed by atoms with E-state index in [1.807, 2.05) is 0 Å². The van der Waals surface area contributed by atoms with Crippen molar-refractivity contribution in [3.8, 4) is 0 Å². The fourth-order valence-electron chi connectivity index (χ4n) is 15.8. The molecule has 5 saturated carbocycles. The van der Waals surface area contributed by atoms with Gasteiger partial charge in [0.25, 0.3) is 0 Å². The summed E-state index contributed by atoms with van der Waals surface area (Å²) in [4.78, 5) is 25.7. The third-order valence-corrected chi connectivity index (χ3v) is 18.6. The summed E-state index contributed by atoms with van der Waals surface area (Å²) in [5.74, 6) is 3.46. The lowest BCUT2D eigenvalue weighted by Gasteiger charge is -2.75. The molecule has 11 atom stereocenters. The van der Waals surface area contributed by atoms with Gasteiger partial charge in [-0.3, -0.25) is 4.79 Å². The molecule has 0 aromatic carbocycles. The summed E-state index contributed by atoms with van der Waals surface area (Å²) in [6.45, 7) is 39.9. The Morgan fingerprint density at radius 1 is 0.849 bits per heavy atom. The number of aldehydes is 1. The maximum absolute atomic E-state index is 11.8. The van der Waals surface area contributed by atoms with E-state index in [2.05, 4.69) is 79.1 Å². The van der Waals surface area contributed by atoms with Gasteiger partial charge in [-0.2, -0.15) is 0 Å². The number of nitrogens with zero attached hydrogens (tertiary/aromatic N) is 1. The predicted octanol–water partition coefficient (Wildman–Crippen LogP) is 11.4. The van der Waals surface area contributed by atoms with Crippen LogP contribution in [0.2, 0.25) is 0 Å². The van der Waals surface area contributed by atoms with E-state index < -0.39 is 0 Å². The van der Waals surface area contributed by atoms with E-state index in [9.17, 15) is 9.59 Å². The van der Waals surface area contributed by atoms with Crippen molar-refractivity contribution in [1.29, 1.82) is 0 Å². The molecule has 5 nitrogen and oxygen atoms in total. The van der Waals surface area contributed by atoms with Crippen molar-refractivity contribution >= 4 is 12.2 Å². The highest BCUT2D eigenvalue weighted by atomic mass is 16.5. The molecule has 6 fully saturated rings. The highest BCUT2D eigenvalue weighted by molar-refractivity contribution is 5.72. The molecule has 6 rings (SSSR count). The lowest BCUT2D eigenvalue weighted by atomic mass is 9.30. The Morgan fingerprint density at radius 3 is 2.19 bits per heavy atom. The third kappa shape index (κ3) is 6.31. The molecule has 0 radical (unpaired) electrons. The molecule has 6 aliphatic rings. The van der Waals surface area contributed by atoms with Gasteiger partial charge in [0.15, 0.2) is 0 Å². The maximum Gasteiger partial charge on any atom is 0.216 e. The number of hydrogen-bond acceptors (Lipinski definition) is 4. The number of likely N-dealkylation sites (tertiary alicyclic amines) is 1. The third-order valence-electron chi connectivity index (χ3n) is 18.6. The molecule has 1 heterocycles. The normalized spacial score (nSPS) is 43.1. The van der Waals surface area contributed by atoms with E-state index in [1.165, 1.54) is 75.5 Å². The van der Waals surface area contributed by atoms with Crippen molar-refractivity contribution in [2.75, 3.05) is 13.1 Å². The van der Waals surface area contributed by atoms with Crippen molar-refractivity contribution in [3.05, 3.63) is 36.8 Å². The van der Waals surface area contributed by atoms with Crippen LogP contribution in [0.4, 0.5) is 0 Å². The van der Waals surface area contributed by atoms with Gasteiger partial charge >= 0.3 is 0 Å². The molecule has 0 spiro atoms. The van der Waals surface area contributed by atoms with Gasteiger partial charge in [0.05, 0.1) is 5.76 Å². The second-order valence-corrected chi connectivity index (χ2v) is 22.0. The number of amides is 1. The molecule has 0 aromatic rings. The highest BCUT2D eigenvalue weighted by Crippen LogP contribution is 2.81.